The molecule has 0 radical (unpaired) electrons. The van der Waals surface area contributed by atoms with Crippen molar-refractivity contribution in [3.05, 3.63) is 77.6 Å². The van der Waals surface area contributed by atoms with E-state index >= 15 is 0 Å². The molecule has 2 aliphatic rings. The maximum atomic E-state index is 13.9. The van der Waals surface area contributed by atoms with Crippen molar-refractivity contribution in [1.29, 1.82) is 0 Å². The van der Waals surface area contributed by atoms with Gasteiger partial charge in [-0.25, -0.2) is 4.39 Å². The average molecular weight is 321 g/mol. The lowest BCUT2D eigenvalue weighted by molar-refractivity contribution is -0.132. The van der Waals surface area contributed by atoms with E-state index in [1.807, 2.05) is 29.2 Å². The van der Waals surface area contributed by atoms with Crippen LogP contribution >= 0.6 is 0 Å². The summed E-state index contributed by atoms with van der Waals surface area (Å²) in [6, 6.07) is 17.1. The highest BCUT2D eigenvalue weighted by Crippen LogP contribution is 2.49. The number of benzene rings is 2. The van der Waals surface area contributed by atoms with E-state index in [1.165, 1.54) is 17.2 Å². The summed E-state index contributed by atoms with van der Waals surface area (Å²) in [6.45, 7) is 1.41. The zero-order valence-corrected chi connectivity index (χ0v) is 13.5. The molecular formula is C21H20FNO. The topological polar surface area (TPSA) is 20.3 Å². The van der Waals surface area contributed by atoms with Gasteiger partial charge in [0.15, 0.2) is 0 Å². The van der Waals surface area contributed by atoms with Crippen molar-refractivity contribution in [1.82, 2.24) is 4.90 Å². The number of halogens is 1. The number of amides is 1. The number of nitrogens with zero attached hydrogens (tertiary/aromatic N) is 1. The van der Waals surface area contributed by atoms with Gasteiger partial charge < -0.3 is 4.90 Å². The molecule has 0 bridgehead atoms. The minimum absolute atomic E-state index is 0.0476. The Bertz CT molecular complexity index is 783. The molecule has 1 saturated carbocycles. The predicted molar refractivity (Wildman–Crippen MR) is 92.9 cm³/mol. The van der Waals surface area contributed by atoms with Gasteiger partial charge in [0.25, 0.3) is 0 Å². The standard InChI is InChI=1S/C21H20FNO/c22-20-9-5-4-8-17(20)18-14-19(18)21(24)23-12-10-16(11-13-23)15-6-2-1-3-7-15/h1-10,18-19H,11-14H2. The average Bonchev–Trinajstić information content (AvgIpc) is 3.43. The first-order chi connectivity index (χ1) is 11.7. The van der Waals surface area contributed by atoms with E-state index in [-0.39, 0.29) is 23.6 Å². The zero-order chi connectivity index (χ0) is 16.5. The summed E-state index contributed by atoms with van der Waals surface area (Å²) in [6.07, 6.45) is 3.80. The highest BCUT2D eigenvalue weighted by atomic mass is 19.1. The quantitative estimate of drug-likeness (QED) is 0.828. The van der Waals surface area contributed by atoms with Crippen LogP contribution in [0.25, 0.3) is 5.57 Å². The Morgan fingerprint density at radius 2 is 1.79 bits per heavy atom. The second kappa shape index (κ2) is 6.23. The van der Waals surface area contributed by atoms with E-state index in [9.17, 15) is 9.18 Å². The molecule has 4 rings (SSSR count). The van der Waals surface area contributed by atoms with Crippen molar-refractivity contribution in [2.75, 3.05) is 13.1 Å². The largest absolute Gasteiger partial charge is 0.338 e. The first-order valence-corrected chi connectivity index (χ1v) is 8.51. The van der Waals surface area contributed by atoms with Crippen molar-refractivity contribution in [2.45, 2.75) is 18.8 Å². The molecule has 2 aromatic carbocycles. The molecule has 2 aromatic rings. The summed E-state index contributed by atoms with van der Waals surface area (Å²) >= 11 is 0. The molecule has 1 fully saturated rings. The minimum Gasteiger partial charge on any atom is -0.338 e. The lowest BCUT2D eigenvalue weighted by Crippen LogP contribution is -2.36. The minimum atomic E-state index is -0.192. The smallest absolute Gasteiger partial charge is 0.226 e. The molecule has 0 saturated heterocycles. The van der Waals surface area contributed by atoms with Gasteiger partial charge in [0.1, 0.15) is 5.82 Å². The van der Waals surface area contributed by atoms with Crippen LogP contribution in [-0.2, 0) is 4.79 Å². The van der Waals surface area contributed by atoms with Gasteiger partial charge in [-0.05, 0) is 41.5 Å². The van der Waals surface area contributed by atoms with Crippen LogP contribution in [0, 0.1) is 11.7 Å². The van der Waals surface area contributed by atoms with Crippen LogP contribution < -0.4 is 0 Å². The fourth-order valence-corrected chi connectivity index (χ4v) is 3.61. The van der Waals surface area contributed by atoms with E-state index in [0.717, 1.165) is 19.4 Å². The third-order valence-corrected chi connectivity index (χ3v) is 5.08. The summed E-state index contributed by atoms with van der Waals surface area (Å²) in [5.74, 6) is -0.0129. The lowest BCUT2D eigenvalue weighted by atomic mass is 9.99. The molecule has 0 N–H and O–H groups in total. The first kappa shape index (κ1) is 15.1. The molecule has 1 amide bonds. The molecule has 1 aliphatic carbocycles. The second-order valence-corrected chi connectivity index (χ2v) is 6.60. The molecule has 2 unspecified atom stereocenters. The molecule has 0 spiro atoms. The van der Waals surface area contributed by atoms with E-state index < -0.39 is 0 Å². The normalized spacial score (nSPS) is 22.9. The predicted octanol–water partition coefficient (Wildman–Crippen LogP) is 4.25. The Morgan fingerprint density at radius 3 is 2.50 bits per heavy atom. The third-order valence-electron chi connectivity index (χ3n) is 5.08. The molecule has 122 valence electrons. The van der Waals surface area contributed by atoms with Crippen molar-refractivity contribution >= 4 is 11.5 Å². The monoisotopic (exact) mass is 321 g/mol. The van der Waals surface area contributed by atoms with Crippen molar-refractivity contribution in [3.8, 4) is 0 Å². The van der Waals surface area contributed by atoms with Gasteiger partial charge in [0.05, 0.1) is 0 Å². The molecule has 3 heteroatoms. The van der Waals surface area contributed by atoms with Crippen molar-refractivity contribution in [2.24, 2.45) is 5.92 Å². The van der Waals surface area contributed by atoms with Crippen LogP contribution in [-0.4, -0.2) is 23.9 Å². The van der Waals surface area contributed by atoms with E-state index in [0.29, 0.717) is 12.1 Å². The zero-order valence-electron chi connectivity index (χ0n) is 13.5. The number of rotatable bonds is 3. The summed E-state index contributed by atoms with van der Waals surface area (Å²) in [4.78, 5) is 14.6. The molecular weight excluding hydrogens is 301 g/mol. The van der Waals surface area contributed by atoms with Crippen LogP contribution in [0.2, 0.25) is 0 Å². The maximum Gasteiger partial charge on any atom is 0.226 e. The van der Waals surface area contributed by atoms with Gasteiger partial charge in [-0.1, -0.05) is 54.6 Å². The van der Waals surface area contributed by atoms with Gasteiger partial charge >= 0.3 is 0 Å². The van der Waals surface area contributed by atoms with Crippen molar-refractivity contribution in [3.63, 3.8) is 0 Å². The second-order valence-electron chi connectivity index (χ2n) is 6.60. The number of carbonyl (C=O) groups excluding carboxylic acids is 1. The first-order valence-electron chi connectivity index (χ1n) is 8.51. The number of hydrogen-bond acceptors (Lipinski definition) is 1. The summed E-state index contributed by atoms with van der Waals surface area (Å²) in [5.41, 5.74) is 3.23. The van der Waals surface area contributed by atoms with Crippen LogP contribution in [0.1, 0.15) is 29.9 Å². The van der Waals surface area contributed by atoms with E-state index in [2.05, 4.69) is 18.2 Å². The molecule has 24 heavy (non-hydrogen) atoms. The Hall–Kier alpha value is -2.42. The third kappa shape index (κ3) is 2.86. The fourth-order valence-electron chi connectivity index (χ4n) is 3.61. The van der Waals surface area contributed by atoms with Gasteiger partial charge in [-0.2, -0.15) is 0 Å². The van der Waals surface area contributed by atoms with E-state index in [1.54, 1.807) is 12.1 Å². The summed E-state index contributed by atoms with van der Waals surface area (Å²) in [5, 5.41) is 0. The van der Waals surface area contributed by atoms with Crippen LogP contribution in [0.3, 0.4) is 0 Å². The Labute approximate surface area is 141 Å². The molecule has 1 heterocycles. The van der Waals surface area contributed by atoms with Crippen molar-refractivity contribution < 1.29 is 9.18 Å². The molecule has 2 nitrogen and oxygen atoms in total. The summed E-state index contributed by atoms with van der Waals surface area (Å²) < 4.78 is 13.9. The highest BCUT2D eigenvalue weighted by molar-refractivity contribution is 5.84. The molecule has 1 aliphatic heterocycles. The number of carbonyl (C=O) groups is 1. The maximum absolute atomic E-state index is 13.9. The van der Waals surface area contributed by atoms with Gasteiger partial charge in [-0.3, -0.25) is 4.79 Å². The van der Waals surface area contributed by atoms with E-state index in [4.69, 9.17) is 0 Å². The molecule has 0 aromatic heterocycles. The van der Waals surface area contributed by atoms with Crippen LogP contribution in [0.4, 0.5) is 4.39 Å². The van der Waals surface area contributed by atoms with Crippen LogP contribution in [0.5, 0.6) is 0 Å². The Morgan fingerprint density at radius 1 is 1.04 bits per heavy atom. The highest BCUT2D eigenvalue weighted by Gasteiger charge is 2.46. The fraction of sp³-hybridized carbons (Fsp3) is 0.286. The lowest BCUT2D eigenvalue weighted by Gasteiger charge is -2.27. The Balaban J connectivity index is 1.41. The molecule has 2 atom stereocenters. The SMILES string of the molecule is O=C(C1CC1c1ccccc1F)N1CC=C(c2ccccc2)CC1. The van der Waals surface area contributed by atoms with Gasteiger partial charge in [0.2, 0.25) is 5.91 Å². The van der Waals surface area contributed by atoms with Gasteiger partial charge in [0, 0.05) is 19.0 Å². The van der Waals surface area contributed by atoms with Gasteiger partial charge in [-0.15, -0.1) is 0 Å². The Kier molecular flexibility index (Phi) is 3.93. The summed E-state index contributed by atoms with van der Waals surface area (Å²) in [7, 11) is 0. The number of hydrogen-bond donors (Lipinski definition) is 0. The van der Waals surface area contributed by atoms with Crippen LogP contribution in [0.15, 0.2) is 60.7 Å².